The number of unbranched alkanes of at least 4 members (excludes halogenated alkanes) is 9. The van der Waals surface area contributed by atoms with E-state index in [4.69, 9.17) is 0 Å². The van der Waals surface area contributed by atoms with Gasteiger partial charge in [-0.05, 0) is 18.4 Å². The van der Waals surface area contributed by atoms with Crippen LogP contribution in [0.2, 0.25) is 0 Å². The van der Waals surface area contributed by atoms with Crippen LogP contribution >= 0.6 is 0 Å². The van der Waals surface area contributed by atoms with Gasteiger partial charge in [0.15, 0.2) is 12.4 Å². The molecule has 0 aliphatic heterocycles. The Labute approximate surface area is 132 Å². The summed E-state index contributed by atoms with van der Waals surface area (Å²) in [5.74, 6) is 0. The molecule has 0 fully saturated rings. The molecule has 0 spiro atoms. The largest absolute Gasteiger partial charge is 0.205 e. The Morgan fingerprint density at radius 3 is 1.76 bits per heavy atom. The Balaban J connectivity index is 1.99. The zero-order valence-electron chi connectivity index (χ0n) is 14.4. The second-order valence-corrected chi connectivity index (χ2v) is 6.38. The van der Waals surface area contributed by atoms with Crippen molar-refractivity contribution in [3.8, 4) is 0 Å². The zero-order chi connectivity index (χ0) is 15.2. The lowest BCUT2D eigenvalue weighted by molar-refractivity contribution is -0.697. The topological polar surface area (TPSA) is 3.88 Å². The molecule has 0 bridgehead atoms. The molecule has 120 valence electrons. The second kappa shape index (κ2) is 12.9. The molecule has 0 aromatic carbocycles. The van der Waals surface area contributed by atoms with Gasteiger partial charge < -0.3 is 0 Å². The van der Waals surface area contributed by atoms with Crippen LogP contribution in [0.15, 0.2) is 24.5 Å². The van der Waals surface area contributed by atoms with Gasteiger partial charge in [0.05, 0.1) is 0 Å². The van der Waals surface area contributed by atoms with E-state index in [0.29, 0.717) is 0 Å². The molecule has 0 atom stereocenters. The Kier molecular flexibility index (Phi) is 11.1. The first kappa shape index (κ1) is 18.2. The van der Waals surface area contributed by atoms with Crippen LogP contribution in [0.5, 0.6) is 0 Å². The molecule has 1 aromatic rings. The van der Waals surface area contributed by atoms with E-state index in [1.54, 1.807) is 0 Å². The smallest absolute Gasteiger partial charge is 0.169 e. The monoisotopic (exact) mass is 290 g/mol. The number of aromatic nitrogens is 1. The summed E-state index contributed by atoms with van der Waals surface area (Å²) in [6.07, 6.45) is 21.0. The van der Waals surface area contributed by atoms with Crippen molar-refractivity contribution in [2.45, 2.75) is 97.4 Å². The van der Waals surface area contributed by atoms with E-state index in [1.165, 1.54) is 82.6 Å². The molecule has 1 rings (SSSR count). The lowest BCUT2D eigenvalue weighted by Crippen LogP contribution is -2.32. The third-order valence-corrected chi connectivity index (χ3v) is 4.30. The maximum atomic E-state index is 2.31. The summed E-state index contributed by atoms with van der Waals surface area (Å²) < 4.78 is 2.31. The van der Waals surface area contributed by atoms with Gasteiger partial charge in [-0.1, -0.05) is 71.6 Å². The van der Waals surface area contributed by atoms with Gasteiger partial charge in [-0.2, -0.15) is 0 Å². The van der Waals surface area contributed by atoms with Crippen LogP contribution in [-0.2, 0) is 13.0 Å². The maximum absolute atomic E-state index is 2.31. The Hall–Kier alpha value is -0.850. The highest BCUT2D eigenvalue weighted by Gasteiger charge is 2.00. The van der Waals surface area contributed by atoms with Gasteiger partial charge in [-0.15, -0.1) is 0 Å². The van der Waals surface area contributed by atoms with Crippen molar-refractivity contribution in [2.24, 2.45) is 0 Å². The van der Waals surface area contributed by atoms with Crippen LogP contribution in [0.25, 0.3) is 0 Å². The number of hydrogen-bond donors (Lipinski definition) is 0. The molecule has 1 aromatic heterocycles. The predicted octanol–water partition coefficient (Wildman–Crippen LogP) is 5.85. The summed E-state index contributed by atoms with van der Waals surface area (Å²) in [7, 11) is 0. The van der Waals surface area contributed by atoms with E-state index in [-0.39, 0.29) is 0 Å². The zero-order valence-corrected chi connectivity index (χ0v) is 14.4. The van der Waals surface area contributed by atoms with Crippen molar-refractivity contribution < 1.29 is 4.57 Å². The summed E-state index contributed by atoms with van der Waals surface area (Å²) >= 11 is 0. The van der Waals surface area contributed by atoms with Gasteiger partial charge in [0, 0.05) is 18.6 Å². The molecular formula is C20H36N+. The lowest BCUT2D eigenvalue weighted by Gasteiger charge is -2.03. The predicted molar refractivity (Wildman–Crippen MR) is 92.5 cm³/mol. The quantitative estimate of drug-likeness (QED) is 0.317. The second-order valence-electron chi connectivity index (χ2n) is 6.38. The number of rotatable bonds is 13. The summed E-state index contributed by atoms with van der Waals surface area (Å²) in [6, 6.07) is 4.61. The molecule has 0 aliphatic carbocycles. The van der Waals surface area contributed by atoms with Crippen molar-refractivity contribution in [1.29, 1.82) is 0 Å². The molecular weight excluding hydrogens is 254 g/mol. The molecule has 0 radical (unpaired) electrons. The van der Waals surface area contributed by atoms with E-state index in [9.17, 15) is 0 Å². The van der Waals surface area contributed by atoms with Gasteiger partial charge >= 0.3 is 0 Å². The summed E-state index contributed by atoms with van der Waals surface area (Å²) in [4.78, 5) is 0. The van der Waals surface area contributed by atoms with Crippen LogP contribution in [0.3, 0.4) is 0 Å². The molecule has 1 heterocycles. The first-order valence-electron chi connectivity index (χ1n) is 9.34. The van der Waals surface area contributed by atoms with E-state index in [2.05, 4.69) is 42.9 Å². The normalized spacial score (nSPS) is 11.0. The fourth-order valence-electron chi connectivity index (χ4n) is 2.78. The molecule has 21 heavy (non-hydrogen) atoms. The van der Waals surface area contributed by atoms with Crippen LogP contribution in [0, 0.1) is 0 Å². The number of pyridine rings is 1. The first-order chi connectivity index (χ1) is 10.4. The van der Waals surface area contributed by atoms with Gasteiger partial charge in [-0.3, -0.25) is 0 Å². The average Bonchev–Trinajstić information content (AvgIpc) is 2.52. The van der Waals surface area contributed by atoms with Crippen molar-refractivity contribution in [3.63, 3.8) is 0 Å². The molecule has 0 unspecified atom stereocenters. The number of aryl methyl sites for hydroxylation is 2. The number of nitrogens with zero attached hydrogens (tertiary/aromatic N) is 1. The summed E-state index contributed by atoms with van der Waals surface area (Å²) in [6.45, 7) is 5.70. The minimum absolute atomic E-state index is 1.16. The van der Waals surface area contributed by atoms with Gasteiger partial charge in [0.25, 0.3) is 0 Å². The highest BCUT2D eigenvalue weighted by Crippen LogP contribution is 2.11. The fourth-order valence-corrected chi connectivity index (χ4v) is 2.78. The van der Waals surface area contributed by atoms with Gasteiger partial charge in [-0.25, -0.2) is 4.57 Å². The molecule has 0 saturated heterocycles. The Bertz CT molecular complexity index is 328. The average molecular weight is 291 g/mol. The van der Waals surface area contributed by atoms with Crippen LogP contribution < -0.4 is 4.57 Å². The minimum Gasteiger partial charge on any atom is -0.205 e. The fraction of sp³-hybridized carbons (Fsp3) is 0.750. The van der Waals surface area contributed by atoms with E-state index in [1.807, 2.05) is 0 Å². The van der Waals surface area contributed by atoms with Crippen molar-refractivity contribution in [1.82, 2.24) is 0 Å². The van der Waals surface area contributed by atoms with E-state index >= 15 is 0 Å². The maximum Gasteiger partial charge on any atom is 0.169 e. The third kappa shape index (κ3) is 9.66. The van der Waals surface area contributed by atoms with Crippen LogP contribution in [0.1, 0.15) is 90.0 Å². The van der Waals surface area contributed by atoms with Crippen molar-refractivity contribution in [2.75, 3.05) is 0 Å². The lowest BCUT2D eigenvalue weighted by atomic mass is 10.0. The first-order valence-corrected chi connectivity index (χ1v) is 9.34. The summed E-state index contributed by atoms with van der Waals surface area (Å²) in [5.41, 5.74) is 1.51. The van der Waals surface area contributed by atoms with Crippen LogP contribution in [-0.4, -0.2) is 0 Å². The van der Waals surface area contributed by atoms with Gasteiger partial charge in [0.1, 0.15) is 6.54 Å². The molecule has 0 saturated carbocycles. The molecule has 0 aliphatic rings. The number of hydrogen-bond acceptors (Lipinski definition) is 0. The molecule has 0 amide bonds. The molecule has 0 N–H and O–H groups in total. The Morgan fingerprint density at radius 1 is 0.667 bits per heavy atom. The van der Waals surface area contributed by atoms with E-state index in [0.717, 1.165) is 6.54 Å². The third-order valence-electron chi connectivity index (χ3n) is 4.30. The Morgan fingerprint density at radius 2 is 1.19 bits per heavy atom. The van der Waals surface area contributed by atoms with Crippen LogP contribution in [0.4, 0.5) is 0 Å². The highest BCUT2D eigenvalue weighted by atomic mass is 14.9. The molecule has 1 nitrogen and oxygen atoms in total. The summed E-state index contributed by atoms with van der Waals surface area (Å²) in [5, 5.41) is 0. The van der Waals surface area contributed by atoms with Crippen molar-refractivity contribution in [3.05, 3.63) is 30.1 Å². The van der Waals surface area contributed by atoms with E-state index < -0.39 is 0 Å². The molecule has 1 heteroatoms. The van der Waals surface area contributed by atoms with Gasteiger partial charge in [0.2, 0.25) is 0 Å². The standard InChI is InChI=1S/C20H36N/c1-3-5-7-8-9-10-11-12-13-14-20-15-18-21(19-16-20)17-6-4-2/h15-16,18-19H,3-14,17H2,1-2H3/q+1. The highest BCUT2D eigenvalue weighted by molar-refractivity contribution is 5.07. The SMILES string of the molecule is CCCCCCCCCCCc1cc[n+](CCCC)cc1. The van der Waals surface area contributed by atoms with Crippen molar-refractivity contribution >= 4 is 0 Å². The minimum atomic E-state index is 1.16.